The van der Waals surface area contributed by atoms with Gasteiger partial charge in [0.2, 0.25) is 11.7 Å². The van der Waals surface area contributed by atoms with Crippen LogP contribution >= 0.6 is 0 Å². The molecule has 1 aliphatic rings. The van der Waals surface area contributed by atoms with Gasteiger partial charge in [-0.2, -0.15) is 4.98 Å². The molecule has 9 heteroatoms. The van der Waals surface area contributed by atoms with Crippen molar-refractivity contribution in [2.45, 2.75) is 45.1 Å². The van der Waals surface area contributed by atoms with Gasteiger partial charge in [0.05, 0.1) is 11.5 Å². The number of hydrogen-bond acceptors (Lipinski definition) is 5. The SMILES string of the molecule is CC(C)(C)OC(=O)N1CCC[C@H](c2nc(-c3c(F)cc(F)cc3F)no2)C1. The molecule has 0 spiro atoms. The van der Waals surface area contributed by atoms with Crippen molar-refractivity contribution < 1.29 is 27.2 Å². The van der Waals surface area contributed by atoms with Crippen molar-refractivity contribution in [3.8, 4) is 11.4 Å². The summed E-state index contributed by atoms with van der Waals surface area (Å²) in [5, 5.41) is 3.62. The zero-order valence-electron chi connectivity index (χ0n) is 15.3. The van der Waals surface area contributed by atoms with E-state index in [0.29, 0.717) is 38.1 Å². The first-order valence-corrected chi connectivity index (χ1v) is 8.60. The largest absolute Gasteiger partial charge is 0.444 e. The van der Waals surface area contributed by atoms with Crippen LogP contribution in [0.1, 0.15) is 45.4 Å². The molecule has 1 amide bonds. The van der Waals surface area contributed by atoms with Crippen molar-refractivity contribution in [3.05, 3.63) is 35.5 Å². The van der Waals surface area contributed by atoms with Crippen molar-refractivity contribution in [2.24, 2.45) is 0 Å². The molecule has 27 heavy (non-hydrogen) atoms. The third-order valence-corrected chi connectivity index (χ3v) is 4.09. The molecule has 0 saturated carbocycles. The molecule has 1 aromatic heterocycles. The quantitative estimate of drug-likeness (QED) is 0.775. The van der Waals surface area contributed by atoms with E-state index in [9.17, 15) is 18.0 Å². The highest BCUT2D eigenvalue weighted by Crippen LogP contribution is 2.30. The smallest absolute Gasteiger partial charge is 0.410 e. The number of nitrogens with zero attached hydrogens (tertiary/aromatic N) is 3. The molecule has 3 rings (SSSR count). The van der Waals surface area contributed by atoms with Gasteiger partial charge in [-0.3, -0.25) is 0 Å². The first-order valence-electron chi connectivity index (χ1n) is 8.60. The number of rotatable bonds is 2. The zero-order chi connectivity index (χ0) is 19.8. The topological polar surface area (TPSA) is 68.5 Å². The van der Waals surface area contributed by atoms with Crippen LogP contribution in [-0.2, 0) is 4.74 Å². The second-order valence-corrected chi connectivity index (χ2v) is 7.47. The first kappa shape index (κ1) is 19.2. The molecule has 2 aromatic rings. The number of carbonyl (C=O) groups is 1. The molecule has 6 nitrogen and oxygen atoms in total. The predicted molar refractivity (Wildman–Crippen MR) is 89.4 cm³/mol. The molecule has 1 fully saturated rings. The summed E-state index contributed by atoms with van der Waals surface area (Å²) in [5.41, 5.74) is -1.16. The zero-order valence-corrected chi connectivity index (χ0v) is 15.3. The van der Waals surface area contributed by atoms with E-state index in [1.165, 1.54) is 0 Å². The Morgan fingerprint density at radius 1 is 1.26 bits per heavy atom. The molecular weight excluding hydrogens is 363 g/mol. The maximum Gasteiger partial charge on any atom is 0.410 e. The maximum absolute atomic E-state index is 13.9. The number of carbonyl (C=O) groups excluding carboxylic acids is 1. The summed E-state index contributed by atoms with van der Waals surface area (Å²) in [6.07, 6.45) is 0.929. The van der Waals surface area contributed by atoms with Crippen molar-refractivity contribution >= 4 is 6.09 Å². The molecular formula is C18H20F3N3O3. The van der Waals surface area contributed by atoms with Crippen LogP contribution in [0.4, 0.5) is 18.0 Å². The maximum atomic E-state index is 13.9. The summed E-state index contributed by atoms with van der Waals surface area (Å²) in [5.74, 6) is -3.66. The Labute approximate surface area is 154 Å². The molecule has 0 N–H and O–H groups in total. The molecule has 146 valence electrons. The lowest BCUT2D eigenvalue weighted by molar-refractivity contribution is 0.0189. The lowest BCUT2D eigenvalue weighted by Crippen LogP contribution is -2.42. The van der Waals surface area contributed by atoms with Crippen LogP contribution in [0.25, 0.3) is 11.4 Å². The highest BCUT2D eigenvalue weighted by Gasteiger charge is 2.31. The van der Waals surface area contributed by atoms with Crippen LogP contribution in [0, 0.1) is 17.5 Å². The van der Waals surface area contributed by atoms with Gasteiger partial charge in [0.1, 0.15) is 23.1 Å². The van der Waals surface area contributed by atoms with E-state index in [1.807, 2.05) is 0 Å². The van der Waals surface area contributed by atoms with Crippen LogP contribution < -0.4 is 0 Å². The molecule has 0 unspecified atom stereocenters. The Kier molecular flexibility index (Phi) is 5.12. The number of piperidine rings is 1. The van der Waals surface area contributed by atoms with Crippen LogP contribution in [0.2, 0.25) is 0 Å². The summed E-state index contributed by atoms with van der Waals surface area (Å²) in [4.78, 5) is 17.8. The van der Waals surface area contributed by atoms with Crippen LogP contribution in [0.5, 0.6) is 0 Å². The van der Waals surface area contributed by atoms with Gasteiger partial charge in [-0.1, -0.05) is 5.16 Å². The minimum atomic E-state index is -1.11. The third-order valence-electron chi connectivity index (χ3n) is 4.09. The highest BCUT2D eigenvalue weighted by atomic mass is 19.1. The van der Waals surface area contributed by atoms with Crippen molar-refractivity contribution in [1.29, 1.82) is 0 Å². The van der Waals surface area contributed by atoms with Crippen LogP contribution in [0.3, 0.4) is 0 Å². The number of amides is 1. The van der Waals surface area contributed by atoms with E-state index in [0.717, 1.165) is 0 Å². The number of benzene rings is 1. The van der Waals surface area contributed by atoms with Crippen molar-refractivity contribution in [3.63, 3.8) is 0 Å². The van der Waals surface area contributed by atoms with E-state index in [4.69, 9.17) is 9.26 Å². The van der Waals surface area contributed by atoms with Gasteiger partial charge in [0.25, 0.3) is 0 Å². The molecule has 0 bridgehead atoms. The Morgan fingerprint density at radius 3 is 2.56 bits per heavy atom. The monoisotopic (exact) mass is 383 g/mol. The fourth-order valence-electron chi connectivity index (χ4n) is 2.93. The van der Waals surface area contributed by atoms with Crippen molar-refractivity contribution in [1.82, 2.24) is 15.0 Å². The predicted octanol–water partition coefficient (Wildman–Crippen LogP) is 4.27. The molecule has 1 aliphatic heterocycles. The number of aromatic nitrogens is 2. The Bertz CT molecular complexity index is 825. The van der Waals surface area contributed by atoms with E-state index >= 15 is 0 Å². The molecule has 0 radical (unpaired) electrons. The van der Waals surface area contributed by atoms with Gasteiger partial charge >= 0.3 is 6.09 Å². The summed E-state index contributed by atoms with van der Waals surface area (Å²) in [6.45, 7) is 6.17. The number of hydrogen-bond donors (Lipinski definition) is 0. The third kappa shape index (κ3) is 4.40. The second kappa shape index (κ2) is 7.21. The van der Waals surface area contributed by atoms with Crippen molar-refractivity contribution in [2.75, 3.05) is 13.1 Å². The van der Waals surface area contributed by atoms with E-state index in [-0.39, 0.29) is 17.6 Å². The average Bonchev–Trinajstić information content (AvgIpc) is 3.02. The number of likely N-dealkylation sites (tertiary alicyclic amines) is 1. The Morgan fingerprint density at radius 2 is 1.93 bits per heavy atom. The summed E-state index contributed by atoms with van der Waals surface area (Å²) >= 11 is 0. The normalized spacial score (nSPS) is 17.9. The minimum absolute atomic E-state index is 0.168. The van der Waals surface area contributed by atoms with Gasteiger partial charge in [0, 0.05) is 25.2 Å². The summed E-state index contributed by atoms with van der Waals surface area (Å²) in [7, 11) is 0. The van der Waals surface area contributed by atoms with Gasteiger partial charge in [0.15, 0.2) is 0 Å². The Balaban J connectivity index is 1.78. The fraction of sp³-hybridized carbons (Fsp3) is 0.500. The van der Waals surface area contributed by atoms with Gasteiger partial charge < -0.3 is 14.2 Å². The molecule has 1 saturated heterocycles. The fourth-order valence-corrected chi connectivity index (χ4v) is 2.93. The number of ether oxygens (including phenoxy) is 1. The molecule has 2 heterocycles. The van der Waals surface area contributed by atoms with E-state index in [1.54, 1.807) is 25.7 Å². The average molecular weight is 383 g/mol. The van der Waals surface area contributed by atoms with E-state index in [2.05, 4.69) is 10.1 Å². The molecule has 1 atom stereocenters. The van der Waals surface area contributed by atoms with Crippen LogP contribution in [0.15, 0.2) is 16.7 Å². The molecule has 0 aliphatic carbocycles. The second-order valence-electron chi connectivity index (χ2n) is 7.47. The summed E-state index contributed by atoms with van der Waals surface area (Å²) < 4.78 is 51.4. The minimum Gasteiger partial charge on any atom is -0.444 e. The molecule has 1 aromatic carbocycles. The summed E-state index contributed by atoms with van der Waals surface area (Å²) in [6, 6.07) is 1.11. The Hall–Kier alpha value is -2.58. The van der Waals surface area contributed by atoms with Gasteiger partial charge in [-0.15, -0.1) is 0 Å². The highest BCUT2D eigenvalue weighted by molar-refractivity contribution is 5.68. The first-order chi connectivity index (χ1) is 12.6. The lowest BCUT2D eigenvalue weighted by Gasteiger charge is -2.32. The number of halogens is 3. The van der Waals surface area contributed by atoms with Crippen LogP contribution in [-0.4, -0.2) is 39.8 Å². The standard InChI is InChI=1S/C18H20F3N3O3/c1-18(2,3)26-17(25)24-6-4-5-10(9-24)16-22-15(23-27-16)14-12(20)7-11(19)8-13(14)21/h7-8,10H,4-6,9H2,1-3H3/t10-/m0/s1. The van der Waals surface area contributed by atoms with E-state index < -0.39 is 34.7 Å². The van der Waals surface area contributed by atoms with Gasteiger partial charge in [-0.05, 0) is 33.6 Å². The lowest BCUT2D eigenvalue weighted by atomic mass is 9.98. The van der Waals surface area contributed by atoms with Gasteiger partial charge in [-0.25, -0.2) is 18.0 Å².